The van der Waals surface area contributed by atoms with Crippen LogP contribution in [0.25, 0.3) is 6.08 Å². The Kier molecular flexibility index (Phi) is 7.26. The van der Waals surface area contributed by atoms with E-state index in [0.717, 1.165) is 36.9 Å². The molecule has 0 unspecified atom stereocenters. The van der Waals surface area contributed by atoms with Gasteiger partial charge in [0, 0.05) is 17.9 Å². The number of carbonyl (C=O) groups is 1. The molecule has 0 atom stereocenters. The summed E-state index contributed by atoms with van der Waals surface area (Å²) in [6.07, 6.45) is 12.0. The number of hydrogen-bond donors (Lipinski definition) is 1. The van der Waals surface area contributed by atoms with E-state index in [1.807, 2.05) is 18.2 Å². The maximum atomic E-state index is 11.3. The van der Waals surface area contributed by atoms with Crippen molar-refractivity contribution in [3.63, 3.8) is 0 Å². The molecule has 180 valence electrons. The molecule has 2 aromatic rings. The second-order valence-electron chi connectivity index (χ2n) is 10.2. The number of carboxylic acid groups (broad SMARTS) is 1. The van der Waals surface area contributed by atoms with Crippen molar-refractivity contribution >= 4 is 23.4 Å². The van der Waals surface area contributed by atoms with Gasteiger partial charge in [0.2, 0.25) is 0 Å². The Bertz CT molecular complexity index is 1240. The zero-order chi connectivity index (χ0) is 25.0. The first kappa shape index (κ1) is 24.5. The van der Waals surface area contributed by atoms with E-state index in [2.05, 4.69) is 74.2 Å². The minimum absolute atomic E-state index is 0.0858. The summed E-state index contributed by atoms with van der Waals surface area (Å²) in [5.74, 6) is -1.15. The molecule has 0 aromatic heterocycles. The number of unbranched alkanes of at least 4 members (excludes halogenated alkanes) is 1. The fraction of sp³-hybridized carbons (Fsp3) is 0.355. The highest BCUT2D eigenvalue weighted by Crippen LogP contribution is 2.43. The van der Waals surface area contributed by atoms with Gasteiger partial charge in [-0.15, -0.1) is 0 Å². The molecule has 0 saturated carbocycles. The molecular weight excluding hydrogens is 432 g/mol. The van der Waals surface area contributed by atoms with Crippen LogP contribution in [0.1, 0.15) is 69.6 Å². The summed E-state index contributed by atoms with van der Waals surface area (Å²) in [5, 5.41) is 18.3. The van der Waals surface area contributed by atoms with Crippen LogP contribution < -0.4 is 4.90 Å². The van der Waals surface area contributed by atoms with Crippen LogP contribution in [0.4, 0.5) is 11.4 Å². The summed E-state index contributed by atoms with van der Waals surface area (Å²) in [6, 6.07) is 17.5. The van der Waals surface area contributed by atoms with Crippen LogP contribution >= 0.6 is 0 Å². The Balaban J connectivity index is 1.59. The molecule has 0 spiro atoms. The predicted octanol–water partition coefficient (Wildman–Crippen LogP) is 7.49. The number of rotatable bonds is 7. The maximum absolute atomic E-state index is 11.3. The molecule has 1 N–H and O–H groups in total. The highest BCUT2D eigenvalue weighted by atomic mass is 16.4. The van der Waals surface area contributed by atoms with Gasteiger partial charge in [-0.25, -0.2) is 4.79 Å². The van der Waals surface area contributed by atoms with Crippen LogP contribution in [0.15, 0.2) is 71.3 Å². The number of allylic oxidation sites excluding steroid dienone is 4. The Morgan fingerprint density at radius 2 is 1.91 bits per heavy atom. The molecule has 35 heavy (non-hydrogen) atoms. The molecule has 0 radical (unpaired) electrons. The lowest BCUT2D eigenvalue weighted by atomic mass is 9.77. The van der Waals surface area contributed by atoms with Crippen LogP contribution in [-0.4, -0.2) is 17.6 Å². The highest BCUT2D eigenvalue weighted by Gasteiger charge is 2.31. The molecular formula is C31H34N2O2. The summed E-state index contributed by atoms with van der Waals surface area (Å²) in [4.78, 5) is 13.7. The zero-order valence-electron chi connectivity index (χ0n) is 21.0. The largest absolute Gasteiger partial charge is 0.477 e. The van der Waals surface area contributed by atoms with Crippen molar-refractivity contribution in [3.05, 3.63) is 88.0 Å². The predicted molar refractivity (Wildman–Crippen MR) is 143 cm³/mol. The van der Waals surface area contributed by atoms with Gasteiger partial charge in [0.05, 0.1) is 0 Å². The summed E-state index contributed by atoms with van der Waals surface area (Å²) in [6.45, 7) is 7.86. The van der Waals surface area contributed by atoms with Gasteiger partial charge < -0.3 is 10.0 Å². The van der Waals surface area contributed by atoms with E-state index in [-0.39, 0.29) is 11.0 Å². The number of anilines is 2. The highest BCUT2D eigenvalue weighted by molar-refractivity contribution is 5.93. The zero-order valence-corrected chi connectivity index (χ0v) is 21.0. The lowest BCUT2D eigenvalue weighted by Crippen LogP contribution is -2.34. The third-order valence-electron chi connectivity index (χ3n) is 7.25. The molecule has 1 aliphatic heterocycles. The first-order chi connectivity index (χ1) is 16.8. The average Bonchev–Trinajstić information content (AvgIpc) is 3.31. The average molecular weight is 467 g/mol. The molecule has 4 nitrogen and oxygen atoms in total. The van der Waals surface area contributed by atoms with Gasteiger partial charge in [0.1, 0.15) is 11.6 Å². The summed E-state index contributed by atoms with van der Waals surface area (Å²) < 4.78 is 0. The number of aryl methyl sites for hydroxylation is 1. The van der Waals surface area contributed by atoms with Crippen LogP contribution in [0.3, 0.4) is 0 Å². The quantitative estimate of drug-likeness (QED) is 0.339. The van der Waals surface area contributed by atoms with E-state index in [0.29, 0.717) is 12.0 Å². The van der Waals surface area contributed by atoms with E-state index in [1.165, 1.54) is 35.3 Å². The van der Waals surface area contributed by atoms with E-state index < -0.39 is 5.97 Å². The fourth-order valence-corrected chi connectivity index (χ4v) is 5.01. The van der Waals surface area contributed by atoms with Gasteiger partial charge in [0.15, 0.2) is 0 Å². The fourth-order valence-electron chi connectivity index (χ4n) is 5.01. The number of carboxylic acids is 1. The van der Waals surface area contributed by atoms with Crippen LogP contribution in [0, 0.1) is 11.3 Å². The van der Waals surface area contributed by atoms with Gasteiger partial charge in [-0.05, 0) is 89.6 Å². The number of benzene rings is 2. The lowest BCUT2D eigenvalue weighted by molar-refractivity contribution is -0.132. The monoisotopic (exact) mass is 466 g/mol. The third kappa shape index (κ3) is 5.41. The Morgan fingerprint density at radius 3 is 2.60 bits per heavy atom. The van der Waals surface area contributed by atoms with Crippen molar-refractivity contribution in [2.45, 2.75) is 64.7 Å². The molecule has 0 bridgehead atoms. The molecule has 1 aliphatic carbocycles. The first-order valence-electron chi connectivity index (χ1n) is 12.6. The van der Waals surface area contributed by atoms with Crippen LogP contribution in [-0.2, 0) is 16.6 Å². The standard InChI is InChI=1S/C31H34N2O2/c1-4-5-6-22-10-14-26(15-11-22)33-18-17-31(2,3)28-20-24(12-16-29(28)33)8-7-23-9-13-25(19-23)27(21-32)30(34)35/h7-8,10-12,14-16,19-20H,4-6,9,13,17-18H2,1-3H3,(H,34,35)/b8-7+,27-25?. The van der Waals surface area contributed by atoms with E-state index >= 15 is 0 Å². The van der Waals surface area contributed by atoms with Gasteiger partial charge in [-0.2, -0.15) is 5.26 Å². The third-order valence-corrected chi connectivity index (χ3v) is 7.25. The normalized spacial score (nSPS) is 18.2. The van der Waals surface area contributed by atoms with Crippen molar-refractivity contribution in [1.29, 1.82) is 5.26 Å². The summed E-state index contributed by atoms with van der Waals surface area (Å²) in [7, 11) is 0. The van der Waals surface area contributed by atoms with Gasteiger partial charge in [-0.3, -0.25) is 0 Å². The van der Waals surface area contributed by atoms with E-state index in [1.54, 1.807) is 0 Å². The lowest BCUT2D eigenvalue weighted by Gasteiger charge is -2.40. The van der Waals surface area contributed by atoms with Crippen molar-refractivity contribution in [2.75, 3.05) is 11.4 Å². The Labute approximate surface area is 208 Å². The second-order valence-corrected chi connectivity index (χ2v) is 10.2. The molecule has 2 aliphatic rings. The van der Waals surface area contributed by atoms with Gasteiger partial charge in [-0.1, -0.05) is 63.6 Å². The molecule has 0 amide bonds. The van der Waals surface area contributed by atoms with Gasteiger partial charge in [0.25, 0.3) is 0 Å². The number of fused-ring (bicyclic) bond motifs is 1. The second kappa shape index (κ2) is 10.4. The smallest absolute Gasteiger partial charge is 0.346 e. The first-order valence-corrected chi connectivity index (χ1v) is 12.6. The number of hydrogen-bond acceptors (Lipinski definition) is 3. The van der Waals surface area contributed by atoms with E-state index in [4.69, 9.17) is 5.26 Å². The number of nitrogens with zero attached hydrogens (tertiary/aromatic N) is 2. The van der Waals surface area contributed by atoms with E-state index in [9.17, 15) is 9.90 Å². The Hall–Kier alpha value is -3.58. The molecule has 4 heteroatoms. The van der Waals surface area contributed by atoms with Crippen molar-refractivity contribution < 1.29 is 9.90 Å². The van der Waals surface area contributed by atoms with Crippen molar-refractivity contribution in [1.82, 2.24) is 0 Å². The van der Waals surface area contributed by atoms with Crippen LogP contribution in [0.5, 0.6) is 0 Å². The molecule has 0 fully saturated rings. The molecule has 2 aromatic carbocycles. The summed E-state index contributed by atoms with van der Waals surface area (Å²) >= 11 is 0. The van der Waals surface area contributed by atoms with Crippen LogP contribution in [0.2, 0.25) is 0 Å². The SMILES string of the molecule is CCCCc1ccc(N2CCC(C)(C)c3cc(/C=C/C4=CC(=C(C#N)C(=O)O)CC4)ccc32)cc1. The number of nitriles is 1. The van der Waals surface area contributed by atoms with Crippen molar-refractivity contribution in [2.24, 2.45) is 0 Å². The molecule has 1 heterocycles. The van der Waals surface area contributed by atoms with Gasteiger partial charge >= 0.3 is 5.97 Å². The number of aliphatic carboxylic acids is 1. The molecule has 4 rings (SSSR count). The minimum atomic E-state index is -1.15. The maximum Gasteiger partial charge on any atom is 0.346 e. The Morgan fingerprint density at radius 1 is 1.14 bits per heavy atom. The topological polar surface area (TPSA) is 64.3 Å². The molecule has 0 saturated heterocycles. The minimum Gasteiger partial charge on any atom is -0.477 e. The van der Waals surface area contributed by atoms with Crippen molar-refractivity contribution in [3.8, 4) is 6.07 Å². The summed E-state index contributed by atoms with van der Waals surface area (Å²) in [5.41, 5.74) is 7.99.